The highest BCUT2D eigenvalue weighted by Crippen LogP contribution is 2.14. The monoisotopic (exact) mass is 357 g/mol. The Kier molecular flexibility index (Phi) is 14.5. The van der Waals surface area contributed by atoms with Gasteiger partial charge in [0.25, 0.3) is 0 Å². The summed E-state index contributed by atoms with van der Waals surface area (Å²) in [5.74, 6) is -0.577. The van der Waals surface area contributed by atoms with E-state index < -0.39 is 18.0 Å². The molecule has 25 heavy (non-hydrogen) atoms. The zero-order valence-electron chi connectivity index (χ0n) is 16.7. The van der Waals surface area contributed by atoms with Crippen LogP contribution < -0.4 is 5.32 Å². The summed E-state index contributed by atoms with van der Waals surface area (Å²) < 4.78 is 5.33. The maximum absolute atomic E-state index is 12.0. The molecule has 0 fully saturated rings. The Labute approximate surface area is 153 Å². The van der Waals surface area contributed by atoms with Gasteiger partial charge in [0.15, 0.2) is 0 Å². The van der Waals surface area contributed by atoms with Crippen LogP contribution in [0, 0.1) is 11.8 Å². The van der Waals surface area contributed by atoms with Gasteiger partial charge in [-0.2, -0.15) is 0 Å². The first-order valence-corrected chi connectivity index (χ1v) is 10.1. The fourth-order valence-corrected chi connectivity index (χ4v) is 2.83. The molecule has 0 aromatic heterocycles. The van der Waals surface area contributed by atoms with Gasteiger partial charge in [0.1, 0.15) is 6.04 Å². The van der Waals surface area contributed by atoms with Crippen LogP contribution >= 0.6 is 0 Å². The van der Waals surface area contributed by atoms with Gasteiger partial charge in [-0.25, -0.2) is 0 Å². The first-order valence-electron chi connectivity index (χ1n) is 10.1. The van der Waals surface area contributed by atoms with Gasteiger partial charge in [-0.3, -0.25) is 9.59 Å². The molecule has 2 N–H and O–H groups in total. The van der Waals surface area contributed by atoms with E-state index in [1.54, 1.807) is 0 Å². The molecule has 0 aliphatic rings. The van der Waals surface area contributed by atoms with Crippen LogP contribution in [0.1, 0.15) is 85.5 Å². The van der Waals surface area contributed by atoms with Gasteiger partial charge in [-0.15, -0.1) is 0 Å². The molecule has 0 aliphatic heterocycles. The molecule has 0 saturated heterocycles. The number of carboxylic acids is 1. The third-order valence-electron chi connectivity index (χ3n) is 4.89. The summed E-state index contributed by atoms with van der Waals surface area (Å²) in [5.41, 5.74) is 0. The lowest BCUT2D eigenvalue weighted by atomic mass is 9.99. The molecule has 2 unspecified atom stereocenters. The third kappa shape index (κ3) is 12.0. The molecule has 0 aromatic rings. The minimum atomic E-state index is -0.986. The molecule has 0 bridgehead atoms. The number of ether oxygens (including phenoxy) is 1. The summed E-state index contributed by atoms with van der Waals surface area (Å²) in [6, 6.07) is -0.862. The van der Waals surface area contributed by atoms with E-state index in [1.807, 2.05) is 0 Å². The first-order chi connectivity index (χ1) is 12.0. The number of carboxylic acid groups (broad SMARTS) is 1. The Balaban J connectivity index is 4.31. The van der Waals surface area contributed by atoms with Crippen LogP contribution in [0.3, 0.4) is 0 Å². The van der Waals surface area contributed by atoms with E-state index in [0.717, 1.165) is 51.4 Å². The van der Waals surface area contributed by atoms with Gasteiger partial charge < -0.3 is 15.2 Å². The predicted octanol–water partition coefficient (Wildman–Crippen LogP) is 4.40. The van der Waals surface area contributed by atoms with Gasteiger partial charge in [-0.1, -0.05) is 66.2 Å². The van der Waals surface area contributed by atoms with E-state index in [-0.39, 0.29) is 6.42 Å². The van der Waals surface area contributed by atoms with Crippen molar-refractivity contribution >= 4 is 11.9 Å². The second-order valence-corrected chi connectivity index (χ2v) is 7.02. The van der Waals surface area contributed by atoms with Crippen molar-refractivity contribution < 1.29 is 19.4 Å². The second kappa shape index (κ2) is 15.2. The number of nitrogens with one attached hydrogen (secondary N) is 1. The normalized spacial score (nSPS) is 14.7. The van der Waals surface area contributed by atoms with E-state index in [4.69, 9.17) is 4.74 Å². The van der Waals surface area contributed by atoms with E-state index in [0.29, 0.717) is 25.0 Å². The van der Waals surface area contributed by atoms with Crippen molar-refractivity contribution in [3.05, 3.63) is 0 Å². The van der Waals surface area contributed by atoms with Crippen molar-refractivity contribution in [2.45, 2.75) is 91.5 Å². The Morgan fingerprint density at radius 1 is 0.960 bits per heavy atom. The quantitative estimate of drug-likeness (QED) is 0.401. The van der Waals surface area contributed by atoms with Crippen molar-refractivity contribution in [2.24, 2.45) is 11.8 Å². The lowest BCUT2D eigenvalue weighted by Gasteiger charge is -2.20. The smallest absolute Gasteiger partial charge is 0.321 e. The van der Waals surface area contributed by atoms with Crippen LogP contribution in [-0.4, -0.2) is 36.2 Å². The summed E-state index contributed by atoms with van der Waals surface area (Å²) >= 11 is 0. The molecule has 0 radical (unpaired) electrons. The number of esters is 1. The van der Waals surface area contributed by atoms with E-state index in [2.05, 4.69) is 33.0 Å². The molecule has 0 aliphatic carbocycles. The van der Waals surface area contributed by atoms with Gasteiger partial charge in [-0.05, 0) is 31.2 Å². The standard InChI is InChI=1S/C20H39NO4/c1-5-9-11-16(7-3)14-21-18(20(23)24)13-19(22)25-15-17(8-4)12-10-6-2/h16-18,21H,5-15H2,1-4H3,(H,23,24)/t16?,17?,18-/m0/s1. The van der Waals surface area contributed by atoms with Gasteiger partial charge in [0, 0.05) is 0 Å². The van der Waals surface area contributed by atoms with Crippen LogP contribution in [-0.2, 0) is 14.3 Å². The highest BCUT2D eigenvalue weighted by atomic mass is 16.5. The predicted molar refractivity (Wildman–Crippen MR) is 102 cm³/mol. The molecule has 0 amide bonds. The molecule has 5 nitrogen and oxygen atoms in total. The van der Waals surface area contributed by atoms with Crippen molar-refractivity contribution in [2.75, 3.05) is 13.2 Å². The number of hydrogen-bond donors (Lipinski definition) is 2. The van der Waals surface area contributed by atoms with Gasteiger partial charge in [0.2, 0.25) is 0 Å². The average Bonchev–Trinajstić information content (AvgIpc) is 2.60. The number of hydrogen-bond acceptors (Lipinski definition) is 4. The van der Waals surface area contributed by atoms with Crippen LogP contribution in [0.15, 0.2) is 0 Å². The van der Waals surface area contributed by atoms with Crippen LogP contribution in [0.5, 0.6) is 0 Å². The summed E-state index contributed by atoms with van der Waals surface area (Å²) in [6.45, 7) is 9.54. The van der Waals surface area contributed by atoms with Crippen LogP contribution in [0.4, 0.5) is 0 Å². The number of rotatable bonds is 16. The molecule has 5 heteroatoms. The third-order valence-corrected chi connectivity index (χ3v) is 4.89. The Hall–Kier alpha value is -1.10. The van der Waals surface area contributed by atoms with Gasteiger partial charge >= 0.3 is 11.9 Å². The summed E-state index contributed by atoms with van der Waals surface area (Å²) in [5, 5.41) is 12.4. The maximum atomic E-state index is 12.0. The SMILES string of the molecule is CCCCC(CC)CN[C@@H](CC(=O)OCC(CC)CCCC)C(=O)O. The second-order valence-electron chi connectivity index (χ2n) is 7.02. The van der Waals surface area contributed by atoms with E-state index in [1.165, 1.54) is 0 Å². The molecular formula is C20H39NO4. The summed E-state index contributed by atoms with van der Waals surface area (Å²) in [6.07, 6.45) is 8.57. The zero-order valence-corrected chi connectivity index (χ0v) is 16.7. The van der Waals surface area contributed by atoms with Crippen LogP contribution in [0.2, 0.25) is 0 Å². The minimum Gasteiger partial charge on any atom is -0.480 e. The summed E-state index contributed by atoms with van der Waals surface area (Å²) in [7, 11) is 0. The van der Waals surface area contributed by atoms with E-state index >= 15 is 0 Å². The Bertz CT molecular complexity index is 360. The number of aliphatic carboxylic acids is 1. The molecule has 0 aromatic carbocycles. The Morgan fingerprint density at radius 2 is 1.52 bits per heavy atom. The van der Waals surface area contributed by atoms with E-state index in [9.17, 15) is 14.7 Å². The number of carbonyl (C=O) groups excluding carboxylic acids is 1. The highest BCUT2D eigenvalue weighted by Gasteiger charge is 2.23. The summed E-state index contributed by atoms with van der Waals surface area (Å²) in [4.78, 5) is 23.4. The lowest BCUT2D eigenvalue weighted by Crippen LogP contribution is -2.41. The minimum absolute atomic E-state index is 0.107. The topological polar surface area (TPSA) is 75.6 Å². The molecular weight excluding hydrogens is 318 g/mol. The van der Waals surface area contributed by atoms with Crippen molar-refractivity contribution in [1.29, 1.82) is 0 Å². The molecule has 0 heterocycles. The number of carbonyl (C=O) groups is 2. The first kappa shape index (κ1) is 23.9. The largest absolute Gasteiger partial charge is 0.480 e. The van der Waals surface area contributed by atoms with Crippen molar-refractivity contribution in [3.8, 4) is 0 Å². The molecule has 148 valence electrons. The van der Waals surface area contributed by atoms with Crippen LogP contribution in [0.25, 0.3) is 0 Å². The Morgan fingerprint density at radius 3 is 2.00 bits per heavy atom. The highest BCUT2D eigenvalue weighted by molar-refractivity contribution is 5.81. The van der Waals surface area contributed by atoms with Crippen molar-refractivity contribution in [1.82, 2.24) is 5.32 Å². The fraction of sp³-hybridized carbons (Fsp3) is 0.900. The lowest BCUT2D eigenvalue weighted by molar-refractivity contribution is -0.150. The van der Waals surface area contributed by atoms with Crippen molar-refractivity contribution in [3.63, 3.8) is 0 Å². The molecule has 0 saturated carbocycles. The maximum Gasteiger partial charge on any atom is 0.321 e. The fourth-order valence-electron chi connectivity index (χ4n) is 2.83. The molecule has 0 spiro atoms. The molecule has 3 atom stereocenters. The molecule has 0 rings (SSSR count). The van der Waals surface area contributed by atoms with Gasteiger partial charge in [0.05, 0.1) is 13.0 Å². The number of unbranched alkanes of at least 4 members (excludes halogenated alkanes) is 2. The average molecular weight is 358 g/mol. The zero-order chi connectivity index (χ0) is 19.1.